The van der Waals surface area contributed by atoms with Gasteiger partial charge in [-0.05, 0) is 24.3 Å². The van der Waals surface area contributed by atoms with Crippen LogP contribution in [0.25, 0.3) is 0 Å². The zero-order chi connectivity index (χ0) is 12.5. The second-order valence-electron chi connectivity index (χ2n) is 4.36. The van der Waals surface area contributed by atoms with Crippen LogP contribution in [-0.2, 0) is 13.0 Å². The van der Waals surface area contributed by atoms with E-state index in [4.69, 9.17) is 0 Å². The molecule has 92 valence electrons. The molecule has 3 rings (SSSR count). The molecule has 0 fully saturated rings. The van der Waals surface area contributed by atoms with E-state index < -0.39 is 0 Å². The third-order valence-electron chi connectivity index (χ3n) is 3.18. The Morgan fingerprint density at radius 2 is 2.11 bits per heavy atom. The van der Waals surface area contributed by atoms with Crippen molar-refractivity contribution in [1.82, 2.24) is 15.1 Å². The predicted octanol–water partition coefficient (Wildman–Crippen LogP) is 1.75. The number of carbonyl (C=O) groups is 1. The number of rotatable bonds is 1. The molecule has 1 amide bonds. The largest absolute Gasteiger partial charge is 0.334 e. The molecule has 2 aromatic rings. The molecule has 0 saturated carbocycles. The molecule has 0 aliphatic carbocycles. The summed E-state index contributed by atoms with van der Waals surface area (Å²) in [5, 5.41) is 6.90. The van der Waals surface area contributed by atoms with Crippen molar-refractivity contribution >= 4 is 5.91 Å². The summed E-state index contributed by atoms with van der Waals surface area (Å²) in [4.78, 5) is 14.0. The molecule has 2 heterocycles. The van der Waals surface area contributed by atoms with Gasteiger partial charge in [-0.15, -0.1) is 0 Å². The number of aromatic nitrogens is 2. The van der Waals surface area contributed by atoms with E-state index in [1.807, 2.05) is 0 Å². The number of halogens is 1. The standard InChI is InChI=1S/C13H12FN3O/c14-11-3-1-9(2-4-11)13(18)17-6-5-12-10(8-17)7-15-16-12/h1-4,7H,5-6,8H2,(H,15,16). The van der Waals surface area contributed by atoms with Crippen LogP contribution in [0.2, 0.25) is 0 Å². The summed E-state index contributed by atoms with van der Waals surface area (Å²) in [5.41, 5.74) is 2.67. The average Bonchev–Trinajstić information content (AvgIpc) is 2.86. The van der Waals surface area contributed by atoms with Crippen LogP contribution in [0.1, 0.15) is 21.6 Å². The van der Waals surface area contributed by atoms with E-state index in [1.54, 1.807) is 11.1 Å². The van der Waals surface area contributed by atoms with Crippen molar-refractivity contribution in [3.63, 3.8) is 0 Å². The summed E-state index contributed by atoms with van der Waals surface area (Å²) in [5.74, 6) is -0.399. The van der Waals surface area contributed by atoms with Crippen molar-refractivity contribution in [3.8, 4) is 0 Å². The van der Waals surface area contributed by atoms with Crippen molar-refractivity contribution in [2.75, 3.05) is 6.54 Å². The van der Waals surface area contributed by atoms with Gasteiger partial charge in [0.25, 0.3) is 5.91 Å². The van der Waals surface area contributed by atoms with Crippen LogP contribution in [0.3, 0.4) is 0 Å². The number of carbonyl (C=O) groups excluding carboxylic acids is 1. The van der Waals surface area contributed by atoms with Crippen molar-refractivity contribution in [2.24, 2.45) is 0 Å². The van der Waals surface area contributed by atoms with Gasteiger partial charge in [-0.25, -0.2) is 4.39 Å². The van der Waals surface area contributed by atoms with Crippen molar-refractivity contribution < 1.29 is 9.18 Å². The van der Waals surface area contributed by atoms with E-state index >= 15 is 0 Å². The van der Waals surface area contributed by atoms with Gasteiger partial charge in [-0.1, -0.05) is 0 Å². The number of benzene rings is 1. The van der Waals surface area contributed by atoms with Gasteiger partial charge in [0.2, 0.25) is 0 Å². The van der Waals surface area contributed by atoms with Gasteiger partial charge in [0.15, 0.2) is 0 Å². The fraction of sp³-hybridized carbons (Fsp3) is 0.231. The molecular formula is C13H12FN3O. The first kappa shape index (κ1) is 11.0. The maximum absolute atomic E-state index is 12.8. The average molecular weight is 245 g/mol. The first-order chi connectivity index (χ1) is 8.74. The molecule has 1 N–H and O–H groups in total. The fourth-order valence-electron chi connectivity index (χ4n) is 2.17. The van der Waals surface area contributed by atoms with E-state index in [0.717, 1.165) is 17.7 Å². The van der Waals surface area contributed by atoms with Crippen LogP contribution in [0, 0.1) is 5.82 Å². The highest BCUT2D eigenvalue weighted by molar-refractivity contribution is 5.94. The second-order valence-corrected chi connectivity index (χ2v) is 4.36. The Balaban J connectivity index is 1.80. The molecule has 0 atom stereocenters. The zero-order valence-electron chi connectivity index (χ0n) is 9.69. The Bertz CT molecular complexity index is 576. The highest BCUT2D eigenvalue weighted by atomic mass is 19.1. The number of nitrogens with one attached hydrogen (secondary N) is 1. The smallest absolute Gasteiger partial charge is 0.254 e. The number of H-pyrrole nitrogens is 1. The third-order valence-corrected chi connectivity index (χ3v) is 3.18. The normalized spacial score (nSPS) is 14.4. The number of aromatic amines is 1. The molecule has 0 spiro atoms. The molecule has 1 aromatic heterocycles. The van der Waals surface area contributed by atoms with Crippen LogP contribution >= 0.6 is 0 Å². The maximum Gasteiger partial charge on any atom is 0.254 e. The minimum Gasteiger partial charge on any atom is -0.334 e. The van der Waals surface area contributed by atoms with Gasteiger partial charge in [0.1, 0.15) is 5.82 Å². The molecule has 0 radical (unpaired) electrons. The Morgan fingerprint density at radius 1 is 1.33 bits per heavy atom. The van der Waals surface area contributed by atoms with Gasteiger partial charge in [0, 0.05) is 36.3 Å². The topological polar surface area (TPSA) is 49.0 Å². The van der Waals surface area contributed by atoms with E-state index in [1.165, 1.54) is 24.3 Å². The molecule has 0 saturated heterocycles. The summed E-state index contributed by atoms with van der Waals surface area (Å²) in [6.07, 6.45) is 2.53. The lowest BCUT2D eigenvalue weighted by Gasteiger charge is -2.26. The van der Waals surface area contributed by atoms with Crippen molar-refractivity contribution in [3.05, 3.63) is 53.1 Å². The van der Waals surface area contributed by atoms with Gasteiger partial charge >= 0.3 is 0 Å². The molecule has 1 aromatic carbocycles. The molecule has 5 heteroatoms. The number of nitrogens with zero attached hydrogens (tertiary/aromatic N) is 2. The molecule has 0 bridgehead atoms. The predicted molar refractivity (Wildman–Crippen MR) is 63.4 cm³/mol. The quantitative estimate of drug-likeness (QED) is 0.832. The van der Waals surface area contributed by atoms with Gasteiger partial charge in [-0.2, -0.15) is 5.10 Å². The van der Waals surface area contributed by atoms with Gasteiger partial charge in [-0.3, -0.25) is 9.89 Å². The van der Waals surface area contributed by atoms with E-state index in [9.17, 15) is 9.18 Å². The van der Waals surface area contributed by atoms with Crippen LogP contribution in [0.5, 0.6) is 0 Å². The first-order valence-electron chi connectivity index (χ1n) is 5.80. The number of hydrogen-bond donors (Lipinski definition) is 1. The lowest BCUT2D eigenvalue weighted by molar-refractivity contribution is 0.0734. The van der Waals surface area contributed by atoms with Crippen molar-refractivity contribution in [1.29, 1.82) is 0 Å². The van der Waals surface area contributed by atoms with E-state index in [2.05, 4.69) is 10.2 Å². The Kier molecular flexibility index (Phi) is 2.59. The highest BCUT2D eigenvalue weighted by Gasteiger charge is 2.22. The van der Waals surface area contributed by atoms with E-state index in [0.29, 0.717) is 18.7 Å². The van der Waals surface area contributed by atoms with Crippen LogP contribution in [0.4, 0.5) is 4.39 Å². The highest BCUT2D eigenvalue weighted by Crippen LogP contribution is 2.18. The molecule has 4 nitrogen and oxygen atoms in total. The fourth-order valence-corrected chi connectivity index (χ4v) is 2.17. The summed E-state index contributed by atoms with van der Waals surface area (Å²) < 4.78 is 12.8. The minimum absolute atomic E-state index is 0.0677. The van der Waals surface area contributed by atoms with Crippen molar-refractivity contribution in [2.45, 2.75) is 13.0 Å². The summed E-state index contributed by atoms with van der Waals surface area (Å²) >= 11 is 0. The Morgan fingerprint density at radius 3 is 2.89 bits per heavy atom. The van der Waals surface area contributed by atoms with Crippen LogP contribution in [0.15, 0.2) is 30.5 Å². The summed E-state index contributed by atoms with van der Waals surface area (Å²) in [7, 11) is 0. The maximum atomic E-state index is 12.8. The van der Waals surface area contributed by atoms with Crippen LogP contribution in [-0.4, -0.2) is 27.5 Å². The second kappa shape index (κ2) is 4.25. The lowest BCUT2D eigenvalue weighted by atomic mass is 10.1. The molecule has 1 aliphatic heterocycles. The first-order valence-corrected chi connectivity index (χ1v) is 5.80. The summed E-state index contributed by atoms with van der Waals surface area (Å²) in [6, 6.07) is 5.64. The SMILES string of the molecule is O=C(c1ccc(F)cc1)N1CCc2[nH]ncc2C1. The van der Waals surface area contributed by atoms with E-state index in [-0.39, 0.29) is 11.7 Å². The zero-order valence-corrected chi connectivity index (χ0v) is 9.69. The monoisotopic (exact) mass is 245 g/mol. The number of fused-ring (bicyclic) bond motifs is 1. The molecule has 18 heavy (non-hydrogen) atoms. The van der Waals surface area contributed by atoms with Gasteiger partial charge in [0.05, 0.1) is 6.20 Å². The number of hydrogen-bond acceptors (Lipinski definition) is 2. The third kappa shape index (κ3) is 1.88. The molecule has 0 unspecified atom stereocenters. The Hall–Kier alpha value is -2.17. The molecular weight excluding hydrogens is 233 g/mol. The summed E-state index contributed by atoms with van der Waals surface area (Å²) in [6.45, 7) is 1.22. The lowest BCUT2D eigenvalue weighted by Crippen LogP contribution is -2.35. The van der Waals surface area contributed by atoms with Crippen LogP contribution < -0.4 is 0 Å². The van der Waals surface area contributed by atoms with Gasteiger partial charge < -0.3 is 4.90 Å². The number of amides is 1. The molecule has 1 aliphatic rings. The Labute approximate surface area is 103 Å². The minimum atomic E-state index is -0.331.